The Morgan fingerprint density at radius 2 is 1.65 bits per heavy atom. The highest BCUT2D eigenvalue weighted by molar-refractivity contribution is 9.11. The molecule has 0 bridgehead atoms. The summed E-state index contributed by atoms with van der Waals surface area (Å²) in [4.78, 5) is 2.12. The van der Waals surface area contributed by atoms with Crippen LogP contribution in [0.15, 0.2) is 57.5 Å². The minimum Gasteiger partial charge on any atom is -0.387 e. The van der Waals surface area contributed by atoms with Gasteiger partial charge in [-0.25, -0.2) is 0 Å². The second kappa shape index (κ2) is 7.36. The van der Waals surface area contributed by atoms with Crippen LogP contribution in [0.2, 0.25) is 0 Å². The van der Waals surface area contributed by atoms with Crippen LogP contribution >= 0.6 is 31.9 Å². The SMILES string of the molecule is CN(Cc1ccccc1)CC(O)c1cc(Br)cc(Br)c1. The van der Waals surface area contributed by atoms with Crippen molar-refractivity contribution in [3.63, 3.8) is 0 Å². The fraction of sp³-hybridized carbons (Fsp3) is 0.250. The molecule has 0 aromatic heterocycles. The Morgan fingerprint density at radius 3 is 2.25 bits per heavy atom. The molecule has 0 heterocycles. The van der Waals surface area contributed by atoms with Crippen LogP contribution in [0.1, 0.15) is 17.2 Å². The number of hydrogen-bond acceptors (Lipinski definition) is 2. The topological polar surface area (TPSA) is 23.5 Å². The van der Waals surface area contributed by atoms with Crippen LogP contribution < -0.4 is 0 Å². The van der Waals surface area contributed by atoms with Crippen molar-refractivity contribution in [2.75, 3.05) is 13.6 Å². The van der Waals surface area contributed by atoms with Gasteiger partial charge in [-0.1, -0.05) is 62.2 Å². The molecule has 1 N–H and O–H groups in total. The first-order valence-corrected chi connectivity index (χ1v) is 8.00. The van der Waals surface area contributed by atoms with Gasteiger partial charge < -0.3 is 5.11 Å². The van der Waals surface area contributed by atoms with Gasteiger partial charge in [0.25, 0.3) is 0 Å². The average molecular weight is 399 g/mol. The van der Waals surface area contributed by atoms with E-state index in [9.17, 15) is 5.11 Å². The third-order valence-electron chi connectivity index (χ3n) is 3.05. The first kappa shape index (κ1) is 15.7. The summed E-state index contributed by atoms with van der Waals surface area (Å²) in [5.74, 6) is 0. The molecule has 0 aliphatic carbocycles. The number of benzene rings is 2. The van der Waals surface area contributed by atoms with Crippen molar-refractivity contribution in [1.29, 1.82) is 0 Å². The van der Waals surface area contributed by atoms with E-state index in [0.29, 0.717) is 6.54 Å². The summed E-state index contributed by atoms with van der Waals surface area (Å²) in [6.07, 6.45) is -0.502. The van der Waals surface area contributed by atoms with E-state index >= 15 is 0 Å². The molecular formula is C16H17Br2NO. The van der Waals surface area contributed by atoms with Crippen LogP contribution in [0.5, 0.6) is 0 Å². The van der Waals surface area contributed by atoms with Gasteiger partial charge in [-0.3, -0.25) is 4.90 Å². The molecule has 0 aliphatic heterocycles. The summed E-state index contributed by atoms with van der Waals surface area (Å²) in [5, 5.41) is 10.3. The van der Waals surface area contributed by atoms with Gasteiger partial charge in [-0.2, -0.15) is 0 Å². The molecule has 0 saturated heterocycles. The number of halogens is 2. The molecule has 2 rings (SSSR count). The molecule has 2 aromatic rings. The van der Waals surface area contributed by atoms with Crippen molar-refractivity contribution in [3.05, 3.63) is 68.6 Å². The molecule has 0 fully saturated rings. The number of aliphatic hydroxyl groups excluding tert-OH is 1. The molecule has 0 radical (unpaired) electrons. The Kier molecular flexibility index (Phi) is 5.78. The van der Waals surface area contributed by atoms with Crippen LogP contribution in [0.4, 0.5) is 0 Å². The normalized spacial score (nSPS) is 12.7. The van der Waals surface area contributed by atoms with Gasteiger partial charge >= 0.3 is 0 Å². The zero-order chi connectivity index (χ0) is 14.5. The van der Waals surface area contributed by atoms with Gasteiger partial charge in [0.05, 0.1) is 6.10 Å². The fourth-order valence-corrected chi connectivity index (χ4v) is 3.46. The predicted molar refractivity (Wildman–Crippen MR) is 89.6 cm³/mol. The van der Waals surface area contributed by atoms with Crippen molar-refractivity contribution in [2.24, 2.45) is 0 Å². The number of aliphatic hydroxyl groups is 1. The molecule has 2 aromatic carbocycles. The second-order valence-corrected chi connectivity index (χ2v) is 6.73. The summed E-state index contributed by atoms with van der Waals surface area (Å²) in [6.45, 7) is 1.42. The van der Waals surface area contributed by atoms with E-state index in [1.165, 1.54) is 5.56 Å². The zero-order valence-electron chi connectivity index (χ0n) is 11.3. The number of rotatable bonds is 5. The largest absolute Gasteiger partial charge is 0.387 e. The maximum atomic E-state index is 10.3. The zero-order valence-corrected chi connectivity index (χ0v) is 14.4. The van der Waals surface area contributed by atoms with Crippen molar-refractivity contribution >= 4 is 31.9 Å². The van der Waals surface area contributed by atoms with E-state index in [-0.39, 0.29) is 0 Å². The Hall–Kier alpha value is -0.680. The van der Waals surface area contributed by atoms with Crippen molar-refractivity contribution < 1.29 is 5.11 Å². The first-order valence-electron chi connectivity index (χ1n) is 6.41. The maximum absolute atomic E-state index is 10.3. The Bertz CT molecular complexity index is 539. The van der Waals surface area contributed by atoms with Crippen LogP contribution in [-0.2, 0) is 6.54 Å². The van der Waals surface area contributed by atoms with Crippen LogP contribution in [0.25, 0.3) is 0 Å². The lowest BCUT2D eigenvalue weighted by molar-refractivity contribution is 0.123. The van der Waals surface area contributed by atoms with Crippen molar-refractivity contribution in [3.8, 4) is 0 Å². The quantitative estimate of drug-likeness (QED) is 0.807. The third kappa shape index (κ3) is 4.70. The third-order valence-corrected chi connectivity index (χ3v) is 3.97. The molecule has 0 aliphatic rings. The molecule has 2 nitrogen and oxygen atoms in total. The number of likely N-dealkylation sites (N-methyl/N-ethyl adjacent to an activating group) is 1. The Morgan fingerprint density at radius 1 is 1.05 bits per heavy atom. The van der Waals surface area contributed by atoms with Crippen molar-refractivity contribution in [1.82, 2.24) is 4.90 Å². The molecule has 0 amide bonds. The lowest BCUT2D eigenvalue weighted by Gasteiger charge is -2.21. The van der Waals surface area contributed by atoms with E-state index in [4.69, 9.17) is 0 Å². The molecule has 20 heavy (non-hydrogen) atoms. The summed E-state index contributed by atoms with van der Waals surface area (Å²) in [5.41, 5.74) is 2.16. The van der Waals surface area contributed by atoms with E-state index < -0.39 is 6.10 Å². The summed E-state index contributed by atoms with van der Waals surface area (Å²) in [6, 6.07) is 16.1. The molecule has 0 spiro atoms. The molecular weight excluding hydrogens is 382 g/mol. The smallest absolute Gasteiger partial charge is 0.0917 e. The second-order valence-electron chi connectivity index (χ2n) is 4.90. The highest BCUT2D eigenvalue weighted by Crippen LogP contribution is 2.24. The van der Waals surface area contributed by atoms with Crippen LogP contribution in [0.3, 0.4) is 0 Å². The first-order chi connectivity index (χ1) is 9.54. The van der Waals surface area contributed by atoms with Gasteiger partial charge in [0, 0.05) is 22.0 Å². The van der Waals surface area contributed by atoms with Crippen LogP contribution in [0, 0.1) is 0 Å². The lowest BCUT2D eigenvalue weighted by atomic mass is 10.1. The van der Waals surface area contributed by atoms with Gasteiger partial charge in [-0.15, -0.1) is 0 Å². The van der Waals surface area contributed by atoms with E-state index in [1.54, 1.807) is 0 Å². The molecule has 106 valence electrons. The van der Waals surface area contributed by atoms with Gasteiger partial charge in [0.15, 0.2) is 0 Å². The maximum Gasteiger partial charge on any atom is 0.0917 e. The molecule has 0 saturated carbocycles. The average Bonchev–Trinajstić information content (AvgIpc) is 2.38. The van der Waals surface area contributed by atoms with E-state index in [2.05, 4.69) is 48.9 Å². The number of nitrogens with zero attached hydrogens (tertiary/aromatic N) is 1. The van der Waals surface area contributed by atoms with Gasteiger partial charge in [-0.05, 0) is 36.4 Å². The molecule has 4 heteroatoms. The number of hydrogen-bond donors (Lipinski definition) is 1. The lowest BCUT2D eigenvalue weighted by Crippen LogP contribution is -2.24. The minimum atomic E-state index is -0.502. The summed E-state index contributed by atoms with van der Waals surface area (Å²) in [7, 11) is 2.02. The summed E-state index contributed by atoms with van der Waals surface area (Å²) >= 11 is 6.89. The van der Waals surface area contributed by atoms with E-state index in [1.807, 2.05) is 43.4 Å². The summed E-state index contributed by atoms with van der Waals surface area (Å²) < 4.78 is 1.93. The fourth-order valence-electron chi connectivity index (χ4n) is 2.13. The minimum absolute atomic E-state index is 0.502. The van der Waals surface area contributed by atoms with Crippen LogP contribution in [-0.4, -0.2) is 23.6 Å². The monoisotopic (exact) mass is 397 g/mol. The molecule has 1 unspecified atom stereocenters. The van der Waals surface area contributed by atoms with Crippen molar-refractivity contribution in [2.45, 2.75) is 12.6 Å². The highest BCUT2D eigenvalue weighted by atomic mass is 79.9. The standard InChI is InChI=1S/C16H17Br2NO/c1-19(10-12-5-3-2-4-6-12)11-16(20)13-7-14(17)9-15(18)8-13/h2-9,16,20H,10-11H2,1H3. The van der Waals surface area contributed by atoms with Gasteiger partial charge in [0.1, 0.15) is 0 Å². The predicted octanol–water partition coefficient (Wildman–Crippen LogP) is 4.38. The highest BCUT2D eigenvalue weighted by Gasteiger charge is 2.12. The Labute approximate surface area is 136 Å². The van der Waals surface area contributed by atoms with E-state index in [0.717, 1.165) is 21.1 Å². The van der Waals surface area contributed by atoms with Gasteiger partial charge in [0.2, 0.25) is 0 Å². The molecule has 1 atom stereocenters. The Balaban J connectivity index is 1.98.